The van der Waals surface area contributed by atoms with Crippen molar-refractivity contribution >= 4 is 23.2 Å². The molecule has 1 aromatic carbocycles. The van der Waals surface area contributed by atoms with E-state index in [2.05, 4.69) is 5.10 Å². The van der Waals surface area contributed by atoms with Gasteiger partial charge in [-0.2, -0.15) is 36.5 Å². The van der Waals surface area contributed by atoms with Gasteiger partial charge in [-0.05, 0) is 24.3 Å². The summed E-state index contributed by atoms with van der Waals surface area (Å²) < 4.78 is 76.8. The van der Waals surface area contributed by atoms with Crippen LogP contribution in [0.3, 0.4) is 0 Å². The molecular formula is C12H7ClF6N2O2. The molecular weight excluding hydrogens is 354 g/mol. The van der Waals surface area contributed by atoms with E-state index in [9.17, 15) is 36.2 Å². The zero-order valence-corrected chi connectivity index (χ0v) is 11.7. The van der Waals surface area contributed by atoms with Gasteiger partial charge in [-0.3, -0.25) is 4.79 Å². The molecule has 1 aliphatic rings. The molecule has 1 N–H and O–H groups in total. The van der Waals surface area contributed by atoms with Gasteiger partial charge in [0, 0.05) is 10.6 Å². The zero-order valence-electron chi connectivity index (χ0n) is 10.9. The lowest BCUT2D eigenvalue weighted by Gasteiger charge is -2.32. The lowest BCUT2D eigenvalue weighted by atomic mass is 10.1. The molecule has 0 fully saturated rings. The highest BCUT2D eigenvalue weighted by atomic mass is 35.5. The molecule has 23 heavy (non-hydrogen) atoms. The van der Waals surface area contributed by atoms with Crippen LogP contribution in [0.15, 0.2) is 29.4 Å². The second kappa shape index (κ2) is 5.38. The molecule has 4 nitrogen and oxygen atoms in total. The Morgan fingerprint density at radius 2 is 1.70 bits per heavy atom. The Bertz CT molecular complexity index is 655. The Hall–Kier alpha value is -1.81. The first-order chi connectivity index (χ1) is 10.4. The summed E-state index contributed by atoms with van der Waals surface area (Å²) in [4.78, 5) is 12.0. The topological polar surface area (TPSA) is 52.9 Å². The van der Waals surface area contributed by atoms with E-state index in [1.54, 1.807) is 0 Å². The summed E-state index contributed by atoms with van der Waals surface area (Å²) >= 11 is 5.56. The summed E-state index contributed by atoms with van der Waals surface area (Å²) in [7, 11) is 0. The smallest absolute Gasteiger partial charge is 0.362 e. The Kier molecular flexibility index (Phi) is 4.10. The number of halogens is 7. The van der Waals surface area contributed by atoms with E-state index in [1.165, 1.54) is 0 Å². The van der Waals surface area contributed by atoms with Crippen LogP contribution >= 0.6 is 11.6 Å². The van der Waals surface area contributed by atoms with Crippen molar-refractivity contribution in [3.05, 3.63) is 34.9 Å². The van der Waals surface area contributed by atoms with Crippen molar-refractivity contribution in [2.24, 2.45) is 5.10 Å². The Labute approximate surface area is 129 Å². The minimum absolute atomic E-state index is 0.161. The molecule has 0 bridgehead atoms. The van der Waals surface area contributed by atoms with Crippen LogP contribution in [0, 0.1) is 0 Å². The van der Waals surface area contributed by atoms with Crippen LogP contribution in [0.5, 0.6) is 0 Å². The van der Waals surface area contributed by atoms with Crippen LogP contribution in [0.2, 0.25) is 5.02 Å². The van der Waals surface area contributed by atoms with Crippen molar-refractivity contribution in [1.82, 2.24) is 5.01 Å². The first kappa shape index (κ1) is 17.5. The van der Waals surface area contributed by atoms with Crippen molar-refractivity contribution in [1.29, 1.82) is 0 Å². The van der Waals surface area contributed by atoms with Crippen LogP contribution in [-0.4, -0.2) is 39.8 Å². The van der Waals surface area contributed by atoms with E-state index in [0.717, 1.165) is 24.3 Å². The van der Waals surface area contributed by atoms with Gasteiger partial charge in [-0.15, -0.1) is 0 Å². The molecule has 1 aromatic rings. The fourth-order valence-electron chi connectivity index (χ4n) is 1.85. The number of amides is 1. The minimum atomic E-state index is -5.54. The van der Waals surface area contributed by atoms with Crippen molar-refractivity contribution in [3.63, 3.8) is 0 Å². The van der Waals surface area contributed by atoms with Gasteiger partial charge in [0.15, 0.2) is 0 Å². The Morgan fingerprint density at radius 1 is 1.17 bits per heavy atom. The molecule has 126 valence electrons. The van der Waals surface area contributed by atoms with Crippen LogP contribution in [-0.2, 0) is 0 Å². The normalized spacial score (nSPS) is 22.3. The number of nitrogens with zero attached hydrogens (tertiary/aromatic N) is 2. The molecule has 0 saturated heterocycles. The molecule has 0 aromatic heterocycles. The van der Waals surface area contributed by atoms with Gasteiger partial charge in [0.25, 0.3) is 11.6 Å². The predicted octanol–water partition coefficient (Wildman–Crippen LogP) is 3.36. The average Bonchev–Trinajstić information content (AvgIpc) is 2.78. The highest BCUT2D eigenvalue weighted by Gasteiger charge is 2.66. The Morgan fingerprint density at radius 3 is 2.13 bits per heavy atom. The van der Waals surface area contributed by atoms with Crippen molar-refractivity contribution in [3.8, 4) is 0 Å². The number of hydrogen-bond donors (Lipinski definition) is 1. The first-order valence-corrected chi connectivity index (χ1v) is 6.28. The molecule has 0 saturated carbocycles. The van der Waals surface area contributed by atoms with E-state index in [1.807, 2.05) is 0 Å². The molecule has 11 heteroatoms. The third-order valence-electron chi connectivity index (χ3n) is 3.05. The van der Waals surface area contributed by atoms with E-state index in [0.29, 0.717) is 0 Å². The van der Waals surface area contributed by atoms with Crippen LogP contribution in [0.25, 0.3) is 0 Å². The van der Waals surface area contributed by atoms with E-state index in [4.69, 9.17) is 11.6 Å². The van der Waals surface area contributed by atoms with Crippen LogP contribution < -0.4 is 0 Å². The van der Waals surface area contributed by atoms with E-state index in [-0.39, 0.29) is 5.02 Å². The largest absolute Gasteiger partial charge is 0.438 e. The lowest BCUT2D eigenvalue weighted by Crippen LogP contribution is -2.56. The van der Waals surface area contributed by atoms with Gasteiger partial charge < -0.3 is 5.11 Å². The quantitative estimate of drug-likeness (QED) is 0.781. The molecule has 1 heterocycles. The summed E-state index contributed by atoms with van der Waals surface area (Å²) in [5.41, 5.74) is -6.39. The fraction of sp³-hybridized carbons (Fsp3) is 0.333. The fourth-order valence-corrected chi connectivity index (χ4v) is 1.98. The van der Waals surface area contributed by atoms with Crippen molar-refractivity contribution < 1.29 is 36.2 Å². The number of carbonyl (C=O) groups is 1. The lowest BCUT2D eigenvalue weighted by molar-refractivity contribution is -0.297. The maximum Gasteiger partial charge on any atom is 0.438 e. The summed E-state index contributed by atoms with van der Waals surface area (Å²) in [5, 5.41) is 11.9. The highest BCUT2D eigenvalue weighted by Crippen LogP contribution is 2.43. The molecule has 0 spiro atoms. The monoisotopic (exact) mass is 360 g/mol. The average molecular weight is 361 g/mol. The second-order valence-electron chi connectivity index (χ2n) is 4.66. The number of hydrogen-bond acceptors (Lipinski definition) is 3. The third-order valence-corrected chi connectivity index (χ3v) is 3.30. The number of alkyl halides is 6. The molecule has 1 atom stereocenters. The van der Waals surface area contributed by atoms with Gasteiger partial charge >= 0.3 is 12.4 Å². The minimum Gasteiger partial charge on any atom is -0.362 e. The van der Waals surface area contributed by atoms with Gasteiger partial charge in [0.1, 0.15) is 5.71 Å². The highest BCUT2D eigenvalue weighted by molar-refractivity contribution is 6.30. The van der Waals surface area contributed by atoms with Gasteiger partial charge in [0.2, 0.25) is 0 Å². The Balaban J connectivity index is 2.48. The second-order valence-corrected chi connectivity index (χ2v) is 5.10. The number of hydrazone groups is 1. The summed E-state index contributed by atoms with van der Waals surface area (Å²) in [6, 6.07) is 4.32. The van der Waals surface area contributed by atoms with Crippen LogP contribution in [0.4, 0.5) is 26.3 Å². The van der Waals surface area contributed by atoms with Gasteiger partial charge in [-0.1, -0.05) is 11.6 Å². The molecule has 0 radical (unpaired) electrons. The van der Waals surface area contributed by atoms with Gasteiger partial charge in [0.05, 0.1) is 6.42 Å². The predicted molar refractivity (Wildman–Crippen MR) is 66.7 cm³/mol. The zero-order chi connectivity index (χ0) is 17.6. The maximum absolute atomic E-state index is 13.0. The summed E-state index contributed by atoms with van der Waals surface area (Å²) in [5.74, 6) is -1.54. The van der Waals surface area contributed by atoms with E-state index < -0.39 is 46.7 Å². The number of aliphatic hydroxyl groups is 1. The maximum atomic E-state index is 13.0. The van der Waals surface area contributed by atoms with Crippen LogP contribution in [0.1, 0.15) is 16.8 Å². The standard InChI is InChI=1S/C12H7ClF6N2O2/c13-7-3-1-6(2-4-7)9(22)21-10(23,12(17,18)19)5-8(20-21)11(14,15)16/h1-4,23H,5H2/t10-/m1/s1. The van der Waals surface area contributed by atoms with E-state index >= 15 is 0 Å². The molecule has 2 rings (SSSR count). The third kappa shape index (κ3) is 3.13. The molecule has 0 aliphatic carbocycles. The van der Waals surface area contributed by atoms with Gasteiger partial charge in [-0.25, -0.2) is 0 Å². The molecule has 0 unspecified atom stereocenters. The molecule has 1 aliphatic heterocycles. The first-order valence-electron chi connectivity index (χ1n) is 5.90. The number of carbonyl (C=O) groups excluding carboxylic acids is 1. The van der Waals surface area contributed by atoms with Crippen molar-refractivity contribution in [2.75, 3.05) is 0 Å². The van der Waals surface area contributed by atoms with Crippen molar-refractivity contribution in [2.45, 2.75) is 24.5 Å². The SMILES string of the molecule is O=C(c1ccc(Cl)cc1)N1N=C(C(F)(F)F)C[C@@]1(O)C(F)(F)F. The summed E-state index contributed by atoms with van der Waals surface area (Å²) in [6.07, 6.45) is -12.7. The summed E-state index contributed by atoms with van der Waals surface area (Å²) in [6.45, 7) is 0. The number of benzene rings is 1. The number of rotatable bonds is 1. The molecule has 1 amide bonds.